The molecule has 0 aromatic carbocycles. The summed E-state index contributed by atoms with van der Waals surface area (Å²) >= 11 is 0. The van der Waals surface area contributed by atoms with Crippen LogP contribution in [0.15, 0.2) is 4.99 Å². The minimum Gasteiger partial charge on any atom is -0.379 e. The Morgan fingerprint density at radius 3 is 2.62 bits per heavy atom. The molecule has 0 aromatic rings. The molecule has 4 heteroatoms. The molecule has 0 bridgehead atoms. The number of hydrogen-bond donors (Lipinski definition) is 2. The maximum atomic E-state index is 5.39. The van der Waals surface area contributed by atoms with Crippen molar-refractivity contribution in [2.24, 2.45) is 4.99 Å². The molecule has 0 aliphatic carbocycles. The largest absolute Gasteiger partial charge is 0.379 e. The number of aliphatic imine (C=N–C) groups is 1. The van der Waals surface area contributed by atoms with Crippen molar-refractivity contribution in [3.63, 3.8) is 0 Å². The van der Waals surface area contributed by atoms with Crippen LogP contribution in [0.5, 0.6) is 0 Å². The number of ether oxygens (including phenoxy) is 1. The van der Waals surface area contributed by atoms with Gasteiger partial charge >= 0.3 is 0 Å². The SMILES string of the molecule is CN=C(NC)NCCCOC(C)C. The Morgan fingerprint density at radius 1 is 1.46 bits per heavy atom. The van der Waals surface area contributed by atoms with Crippen LogP contribution in [0, 0.1) is 0 Å². The van der Waals surface area contributed by atoms with Gasteiger partial charge in [0.25, 0.3) is 0 Å². The Kier molecular flexibility index (Phi) is 7.39. The molecule has 0 saturated carbocycles. The van der Waals surface area contributed by atoms with Gasteiger partial charge in [-0.2, -0.15) is 0 Å². The molecule has 0 aromatic heterocycles. The van der Waals surface area contributed by atoms with E-state index in [2.05, 4.69) is 15.6 Å². The maximum absolute atomic E-state index is 5.39. The van der Waals surface area contributed by atoms with Crippen LogP contribution in [0.1, 0.15) is 20.3 Å². The van der Waals surface area contributed by atoms with Gasteiger partial charge in [-0.1, -0.05) is 0 Å². The summed E-state index contributed by atoms with van der Waals surface area (Å²) in [5.41, 5.74) is 0. The van der Waals surface area contributed by atoms with Crippen LogP contribution < -0.4 is 10.6 Å². The molecular weight excluding hydrogens is 166 g/mol. The van der Waals surface area contributed by atoms with Crippen LogP contribution in [-0.4, -0.2) is 39.3 Å². The lowest BCUT2D eigenvalue weighted by Gasteiger charge is -2.09. The van der Waals surface area contributed by atoms with Gasteiger partial charge in [0.15, 0.2) is 5.96 Å². The molecule has 0 saturated heterocycles. The molecule has 0 unspecified atom stereocenters. The second kappa shape index (κ2) is 7.86. The van der Waals surface area contributed by atoms with Crippen LogP contribution in [0.2, 0.25) is 0 Å². The van der Waals surface area contributed by atoms with Crippen LogP contribution in [-0.2, 0) is 4.74 Å². The van der Waals surface area contributed by atoms with Crippen LogP contribution >= 0.6 is 0 Å². The van der Waals surface area contributed by atoms with E-state index >= 15 is 0 Å². The summed E-state index contributed by atoms with van der Waals surface area (Å²) in [6.45, 7) is 5.77. The van der Waals surface area contributed by atoms with E-state index in [0.717, 1.165) is 25.5 Å². The van der Waals surface area contributed by atoms with Crippen molar-refractivity contribution in [2.75, 3.05) is 27.2 Å². The van der Waals surface area contributed by atoms with Crippen molar-refractivity contribution in [3.8, 4) is 0 Å². The van der Waals surface area contributed by atoms with Crippen molar-refractivity contribution in [1.82, 2.24) is 10.6 Å². The molecule has 0 spiro atoms. The number of guanidine groups is 1. The van der Waals surface area contributed by atoms with Gasteiger partial charge < -0.3 is 15.4 Å². The zero-order valence-corrected chi connectivity index (χ0v) is 9.05. The van der Waals surface area contributed by atoms with Crippen molar-refractivity contribution < 1.29 is 4.74 Å². The first-order valence-electron chi connectivity index (χ1n) is 4.70. The summed E-state index contributed by atoms with van der Waals surface area (Å²) in [5.74, 6) is 0.824. The van der Waals surface area contributed by atoms with Gasteiger partial charge in [0.2, 0.25) is 0 Å². The van der Waals surface area contributed by atoms with E-state index in [1.54, 1.807) is 7.05 Å². The second-order valence-electron chi connectivity index (χ2n) is 3.02. The van der Waals surface area contributed by atoms with Gasteiger partial charge in [-0.25, -0.2) is 0 Å². The first-order valence-corrected chi connectivity index (χ1v) is 4.70. The highest BCUT2D eigenvalue weighted by Gasteiger charge is 1.94. The van der Waals surface area contributed by atoms with Crippen LogP contribution in [0.25, 0.3) is 0 Å². The van der Waals surface area contributed by atoms with Crippen molar-refractivity contribution in [2.45, 2.75) is 26.4 Å². The summed E-state index contributed by atoms with van der Waals surface area (Å²) in [5, 5.41) is 6.10. The Labute approximate surface area is 80.8 Å². The first kappa shape index (κ1) is 12.2. The standard InChI is InChI=1S/C9H21N3O/c1-8(2)13-7-5-6-12-9(10-3)11-4/h8H,5-7H2,1-4H3,(H2,10,11,12). The third kappa shape index (κ3) is 7.59. The quantitative estimate of drug-likeness (QED) is 0.376. The number of hydrogen-bond acceptors (Lipinski definition) is 2. The predicted molar refractivity (Wildman–Crippen MR) is 56.1 cm³/mol. The molecular formula is C9H21N3O. The lowest BCUT2D eigenvalue weighted by Crippen LogP contribution is -2.35. The van der Waals surface area contributed by atoms with E-state index < -0.39 is 0 Å². The summed E-state index contributed by atoms with van der Waals surface area (Å²) in [4.78, 5) is 3.99. The molecule has 4 nitrogen and oxygen atoms in total. The number of nitrogens with zero attached hydrogens (tertiary/aromatic N) is 1. The van der Waals surface area contributed by atoms with Crippen molar-refractivity contribution in [3.05, 3.63) is 0 Å². The topological polar surface area (TPSA) is 45.7 Å². The highest BCUT2D eigenvalue weighted by Crippen LogP contribution is 1.88. The highest BCUT2D eigenvalue weighted by molar-refractivity contribution is 5.79. The summed E-state index contributed by atoms with van der Waals surface area (Å²) in [6, 6.07) is 0. The van der Waals surface area contributed by atoms with E-state index in [9.17, 15) is 0 Å². The van der Waals surface area contributed by atoms with Gasteiger partial charge in [-0.05, 0) is 20.3 Å². The van der Waals surface area contributed by atoms with E-state index in [4.69, 9.17) is 4.74 Å². The highest BCUT2D eigenvalue weighted by atomic mass is 16.5. The minimum atomic E-state index is 0.323. The molecule has 0 fully saturated rings. The van der Waals surface area contributed by atoms with Crippen LogP contribution in [0.3, 0.4) is 0 Å². The summed E-state index contributed by atoms with van der Waals surface area (Å²) in [7, 11) is 3.60. The predicted octanol–water partition coefficient (Wildman–Crippen LogP) is 0.596. The van der Waals surface area contributed by atoms with E-state index in [1.807, 2.05) is 20.9 Å². The molecule has 0 rings (SSSR count). The lowest BCUT2D eigenvalue weighted by atomic mass is 10.4. The number of nitrogens with one attached hydrogen (secondary N) is 2. The van der Waals surface area contributed by atoms with E-state index in [-0.39, 0.29) is 0 Å². The monoisotopic (exact) mass is 187 g/mol. The smallest absolute Gasteiger partial charge is 0.190 e. The Balaban J connectivity index is 3.25. The van der Waals surface area contributed by atoms with Gasteiger partial charge in [-0.3, -0.25) is 4.99 Å². The third-order valence-corrected chi connectivity index (χ3v) is 1.53. The van der Waals surface area contributed by atoms with Gasteiger partial charge in [0.05, 0.1) is 6.10 Å². The zero-order valence-electron chi connectivity index (χ0n) is 9.05. The van der Waals surface area contributed by atoms with E-state index in [0.29, 0.717) is 6.10 Å². The Bertz CT molecular complexity index is 146. The molecule has 0 heterocycles. The van der Waals surface area contributed by atoms with Gasteiger partial charge in [0, 0.05) is 27.2 Å². The average Bonchev–Trinajstić information content (AvgIpc) is 2.11. The minimum absolute atomic E-state index is 0.323. The third-order valence-electron chi connectivity index (χ3n) is 1.53. The van der Waals surface area contributed by atoms with Crippen LogP contribution in [0.4, 0.5) is 0 Å². The lowest BCUT2D eigenvalue weighted by molar-refractivity contribution is 0.0776. The Morgan fingerprint density at radius 2 is 2.15 bits per heavy atom. The van der Waals surface area contributed by atoms with Gasteiger partial charge in [-0.15, -0.1) is 0 Å². The fourth-order valence-corrected chi connectivity index (χ4v) is 0.877. The molecule has 0 amide bonds. The summed E-state index contributed by atoms with van der Waals surface area (Å²) < 4.78 is 5.39. The number of rotatable bonds is 5. The molecule has 78 valence electrons. The average molecular weight is 187 g/mol. The molecule has 0 aliphatic heterocycles. The molecule has 2 N–H and O–H groups in total. The zero-order chi connectivity index (χ0) is 10.1. The second-order valence-corrected chi connectivity index (χ2v) is 3.02. The van der Waals surface area contributed by atoms with Crippen molar-refractivity contribution in [1.29, 1.82) is 0 Å². The summed E-state index contributed by atoms with van der Waals surface area (Å²) in [6.07, 6.45) is 1.32. The maximum Gasteiger partial charge on any atom is 0.190 e. The Hall–Kier alpha value is -0.770. The van der Waals surface area contributed by atoms with Crippen molar-refractivity contribution >= 4 is 5.96 Å². The van der Waals surface area contributed by atoms with E-state index in [1.165, 1.54) is 0 Å². The first-order chi connectivity index (χ1) is 6.20. The fraction of sp³-hybridized carbons (Fsp3) is 0.889. The normalized spacial score (nSPS) is 11.9. The molecule has 0 aliphatic rings. The van der Waals surface area contributed by atoms with Gasteiger partial charge in [0.1, 0.15) is 0 Å². The molecule has 0 atom stereocenters. The fourth-order valence-electron chi connectivity index (χ4n) is 0.877. The molecule has 0 radical (unpaired) electrons. The molecule has 13 heavy (non-hydrogen) atoms.